The highest BCUT2D eigenvalue weighted by atomic mass is 32.2. The van der Waals surface area contributed by atoms with Gasteiger partial charge < -0.3 is 80.5 Å². The number of halogens is 6. The smallest absolute Gasteiger partial charge is 0.494 e. The van der Waals surface area contributed by atoms with E-state index in [1.807, 2.05) is 182 Å². The average molecular weight is 2150 g/mol. The van der Waals surface area contributed by atoms with Gasteiger partial charge in [0.1, 0.15) is 130 Å². The van der Waals surface area contributed by atoms with Crippen molar-refractivity contribution in [3.63, 3.8) is 0 Å². The molecule has 8 aromatic carbocycles. The van der Waals surface area contributed by atoms with Gasteiger partial charge in [0.2, 0.25) is 5.88 Å². The maximum Gasteiger partial charge on any atom is 0.573 e. The maximum atomic E-state index is 12.3. The molecule has 1 aliphatic carbocycles. The highest BCUT2D eigenvalue weighted by Crippen LogP contribution is 2.53. The van der Waals surface area contributed by atoms with Crippen LogP contribution in [0.2, 0.25) is 0 Å². The summed E-state index contributed by atoms with van der Waals surface area (Å²) in [5, 5.41) is 0. The number of nitrogens with zero attached hydrogens (tertiary/aromatic N) is 2. The molecule has 150 heavy (non-hydrogen) atoms. The van der Waals surface area contributed by atoms with Crippen molar-refractivity contribution in [3.8, 4) is 103 Å². The molecule has 1 fully saturated rings. The second kappa shape index (κ2) is 48.2. The van der Waals surface area contributed by atoms with Gasteiger partial charge in [-0.1, -0.05) is 91.0 Å². The Labute approximate surface area is 880 Å². The first-order chi connectivity index (χ1) is 69.7. The van der Waals surface area contributed by atoms with E-state index in [0.717, 1.165) is 129 Å². The Bertz CT molecular complexity index is 6550. The van der Waals surface area contributed by atoms with E-state index in [4.69, 9.17) is 71.1 Å². The monoisotopic (exact) mass is 2140 g/mol. The first-order valence-electron chi connectivity index (χ1n) is 50.5. The third-order valence-corrected chi connectivity index (χ3v) is 27.8. The van der Waals surface area contributed by atoms with E-state index in [-0.39, 0.29) is 118 Å². The van der Waals surface area contributed by atoms with Gasteiger partial charge in [0, 0.05) is 85.6 Å². The Kier molecular flexibility index (Phi) is 37.8. The number of aryl methyl sites for hydroxylation is 6. The van der Waals surface area contributed by atoms with Crippen molar-refractivity contribution in [2.24, 2.45) is 0 Å². The molecule has 0 unspecified atom stereocenters. The van der Waals surface area contributed by atoms with Gasteiger partial charge in [-0.15, -0.1) is 26.3 Å². The minimum absolute atomic E-state index is 0.0483. The van der Waals surface area contributed by atoms with Gasteiger partial charge in [0.15, 0.2) is 32.8 Å². The van der Waals surface area contributed by atoms with Crippen molar-refractivity contribution < 1.29 is 132 Å². The standard InChI is InChI=1S/C25H32O5S.C24H32O5S.C22H29NO5S.C18H21NO3.C14H17F3O2.C13H15F3O3/c1-16-13-19(29-18-9-11-31(26,27)12-10-18)14-17(2)23(16)21-8-6-7-20-22(15-28-24(20)21)30-25(3,4)5;1-16-13-18(27-11-8-12-30(6,25)26)14-17(2)22(16)20-10-7-9-19-21(15-28-23(19)20)29-24(3,4)5;1-15-16(10-11-20(23-15)26-12-7-13-29(5,24)25)17-8-6-9-18-19(14-27-21(17)18)28-22(2,3)4;1-12-8-9-13(10-19-12)21-15-7-5-6-14-16(11-20-17(14)15)22-18(2,3)4;1-13(2,3)18-12-8-7-10-9(12)5-4-6-11(10)19-14(15,16)17;1-12(2,3)18-10-7-17-11-8(10)5-4-6-9(11)19-13(14,15)16/h6-8,13-14,18,22H,9-12,15H2,1-5H3;7,9-10,13-14,21H,8,11-12,15H2,1-6H3;6,8-11,19H,7,12-14H2,1-5H3;5-10,16H,11H2,1-4H3;4-6,12H,7-8H2,1-3H3;4-6,10H,7H2,1-3H3/t22-;21-;19-;16-;12-;10-/m111111/s1. The van der Waals surface area contributed by atoms with Crippen LogP contribution in [0.1, 0.15) is 266 Å². The Morgan fingerprint density at radius 1 is 0.373 bits per heavy atom. The maximum absolute atomic E-state index is 12.3. The molecule has 0 saturated carbocycles. The van der Waals surface area contributed by atoms with Crippen molar-refractivity contribution in [2.45, 2.75) is 294 Å². The molecule has 25 nitrogen and oxygen atoms in total. The van der Waals surface area contributed by atoms with E-state index in [2.05, 4.69) is 125 Å². The number of sulfone groups is 3. The third kappa shape index (κ3) is 34.8. The van der Waals surface area contributed by atoms with Crippen LogP contribution in [-0.4, -0.2) is 169 Å². The second-order valence-corrected chi connectivity index (χ2v) is 51.2. The highest BCUT2D eigenvalue weighted by molar-refractivity contribution is 7.91. The number of hydrogen-bond acceptors (Lipinski definition) is 25. The number of hydrogen-bond donors (Lipinski definition) is 0. The van der Waals surface area contributed by atoms with Gasteiger partial charge in [-0.05, 0) is 304 Å². The molecular weight excluding hydrogens is 2000 g/mol. The van der Waals surface area contributed by atoms with E-state index in [0.29, 0.717) is 107 Å². The minimum Gasteiger partial charge on any atom is -0.494 e. The van der Waals surface area contributed by atoms with E-state index in [1.165, 1.54) is 30.7 Å². The third-order valence-electron chi connectivity index (χ3n) is 24.0. The SMILES string of the molecule is CC(C)(C)O[C@@H]1CCc2c(OC(F)(F)F)cccc21.CC(C)(C)O[C@@H]1COc2c(OC(F)(F)F)cccc21.Cc1cc(OC2CCS(=O)(=O)CC2)cc(C)c1-c1cccc2c1OC[C@H]2OC(C)(C)C.Cc1cc(OCCCS(C)(=O)=O)cc(C)c1-c1cccc2c1OC[C@H]2OC(C)(C)C.Cc1ccc(Oc2cccc3c2OC[C@H]3OC(C)(C)C)cn1.Cc1nc(OCCCS(C)(=O)=O)ccc1-c1cccc2c1OC[C@H]2OC(C)(C)C. The summed E-state index contributed by atoms with van der Waals surface area (Å²) < 4.78 is 239. The van der Waals surface area contributed by atoms with E-state index < -0.39 is 47.8 Å². The summed E-state index contributed by atoms with van der Waals surface area (Å²) in [7, 11) is -8.83. The molecule has 0 bridgehead atoms. The van der Waals surface area contributed by atoms with Crippen LogP contribution in [0.3, 0.4) is 0 Å². The highest BCUT2D eigenvalue weighted by Gasteiger charge is 2.42. The molecule has 17 rings (SSSR count). The van der Waals surface area contributed by atoms with Crippen LogP contribution >= 0.6 is 0 Å². The number of benzene rings is 8. The molecule has 8 heterocycles. The quantitative estimate of drug-likeness (QED) is 0.0379. The van der Waals surface area contributed by atoms with E-state index in [1.54, 1.807) is 24.4 Å². The Hall–Kier alpha value is -11.0. The van der Waals surface area contributed by atoms with Gasteiger partial charge >= 0.3 is 12.7 Å². The zero-order valence-electron chi connectivity index (χ0n) is 90.9. The number of rotatable bonds is 25. The summed E-state index contributed by atoms with van der Waals surface area (Å²) in [5.74, 6) is 7.15. The Morgan fingerprint density at radius 3 is 1.13 bits per heavy atom. The zero-order chi connectivity index (χ0) is 110. The van der Waals surface area contributed by atoms with Crippen LogP contribution in [0.15, 0.2) is 164 Å². The normalized spacial score (nSPS) is 18.1. The number of pyridine rings is 2. The predicted octanol–water partition coefficient (Wildman–Crippen LogP) is 27.0. The fourth-order valence-corrected chi connectivity index (χ4v) is 21.2. The van der Waals surface area contributed by atoms with Crippen molar-refractivity contribution in [3.05, 3.63) is 237 Å². The van der Waals surface area contributed by atoms with Crippen molar-refractivity contribution in [2.75, 3.05) is 81.8 Å². The molecule has 0 spiro atoms. The van der Waals surface area contributed by atoms with Crippen LogP contribution in [-0.2, 0) is 64.4 Å². The lowest BCUT2D eigenvalue weighted by Gasteiger charge is -2.25. The minimum atomic E-state index is -4.73. The van der Waals surface area contributed by atoms with Crippen molar-refractivity contribution in [1.82, 2.24) is 9.97 Å². The van der Waals surface area contributed by atoms with E-state index in [9.17, 15) is 51.6 Å². The summed E-state index contributed by atoms with van der Waals surface area (Å²) in [4.78, 5) is 8.77. The topological polar surface area (TPSA) is 285 Å². The summed E-state index contributed by atoms with van der Waals surface area (Å²) in [6.45, 7) is 51.1. The molecule has 34 heteroatoms. The van der Waals surface area contributed by atoms with Crippen molar-refractivity contribution in [1.29, 1.82) is 0 Å². The Balaban J connectivity index is 0.000000161. The van der Waals surface area contributed by atoms with Gasteiger partial charge in [-0.25, -0.2) is 30.2 Å². The van der Waals surface area contributed by atoms with Gasteiger partial charge in [-0.2, -0.15) is 0 Å². The number of aromatic nitrogens is 2. The number of fused-ring (bicyclic) bond motifs is 6. The molecule has 0 radical (unpaired) electrons. The van der Waals surface area contributed by atoms with E-state index >= 15 is 0 Å². The molecule has 6 atom stereocenters. The lowest BCUT2D eigenvalue weighted by molar-refractivity contribution is -0.276. The molecule has 6 aliphatic heterocycles. The van der Waals surface area contributed by atoms with Gasteiger partial charge in [0.25, 0.3) is 0 Å². The molecule has 0 N–H and O–H groups in total. The van der Waals surface area contributed by atoms with Crippen LogP contribution in [0.25, 0.3) is 33.4 Å². The van der Waals surface area contributed by atoms with Crippen LogP contribution in [0.4, 0.5) is 26.3 Å². The van der Waals surface area contributed by atoms with Gasteiger partial charge in [-0.3, -0.25) is 4.98 Å². The predicted molar refractivity (Wildman–Crippen MR) is 568 cm³/mol. The fraction of sp³-hybridized carbons (Fsp3) is 0.500. The van der Waals surface area contributed by atoms with Crippen LogP contribution in [0.5, 0.6) is 69.1 Å². The van der Waals surface area contributed by atoms with Gasteiger partial charge in [0.05, 0.1) is 82.1 Å². The number of para-hydroxylation sites is 5. The molecular formula is C116H146F6N2O23S3. The molecule has 0 amide bonds. The zero-order valence-corrected chi connectivity index (χ0v) is 93.4. The second-order valence-electron chi connectivity index (χ2n) is 44.4. The summed E-state index contributed by atoms with van der Waals surface area (Å²) in [6.07, 6.45) is -2.83. The largest absolute Gasteiger partial charge is 0.573 e. The molecule has 7 aliphatic rings. The van der Waals surface area contributed by atoms with Crippen LogP contribution in [0, 0.1) is 41.5 Å². The number of ether oxygens (including phenoxy) is 17. The average Bonchev–Trinajstić information content (AvgIpc) is 1.57. The molecule has 10 aromatic rings. The van der Waals surface area contributed by atoms with Crippen molar-refractivity contribution >= 4 is 29.5 Å². The molecule has 818 valence electrons. The first kappa shape index (κ1) is 118. The lowest BCUT2D eigenvalue weighted by atomic mass is 9.93. The summed E-state index contributed by atoms with van der Waals surface area (Å²) >= 11 is 0. The molecule has 1 saturated heterocycles. The summed E-state index contributed by atoms with van der Waals surface area (Å²) in [5.41, 5.74) is 17.1. The molecule has 2 aromatic heterocycles. The Morgan fingerprint density at radius 2 is 0.727 bits per heavy atom. The first-order valence-corrected chi connectivity index (χ1v) is 56.5. The lowest BCUT2D eigenvalue weighted by Crippen LogP contribution is -2.30. The van der Waals surface area contributed by atoms with Crippen LogP contribution < -0.4 is 52.1 Å². The summed E-state index contributed by atoms with van der Waals surface area (Å²) in [6, 6.07) is 49.2. The fourth-order valence-electron chi connectivity index (χ4n) is 18.5. The number of alkyl halides is 6.